The fourth-order valence-electron chi connectivity index (χ4n) is 3.94. The van der Waals surface area contributed by atoms with Gasteiger partial charge < -0.3 is 4.90 Å². The quantitative estimate of drug-likeness (QED) is 0.644. The molecule has 118 valence electrons. The molecule has 2 aromatic rings. The van der Waals surface area contributed by atoms with Crippen molar-refractivity contribution in [1.82, 2.24) is 0 Å². The minimum Gasteiger partial charge on any atom is -0.337 e. The van der Waals surface area contributed by atoms with Gasteiger partial charge in [-0.25, -0.2) is 0 Å². The second kappa shape index (κ2) is 5.12. The first-order chi connectivity index (χ1) is 11.7. The maximum atomic E-state index is 12.9. The maximum Gasteiger partial charge on any atom is 0.192 e. The number of allylic oxidation sites excluding steroid dienone is 2. The molecule has 2 aliphatic carbocycles. The first kappa shape index (κ1) is 14.1. The summed E-state index contributed by atoms with van der Waals surface area (Å²) in [7, 11) is 2.10. The molecule has 0 amide bonds. The van der Waals surface area contributed by atoms with Crippen molar-refractivity contribution in [3.63, 3.8) is 0 Å². The van der Waals surface area contributed by atoms with Gasteiger partial charge in [0.25, 0.3) is 0 Å². The van der Waals surface area contributed by atoms with E-state index in [0.717, 1.165) is 41.0 Å². The molecule has 0 radical (unpaired) electrons. The number of thioether (sulfide) groups is 1. The Kier molecular flexibility index (Phi) is 3.01. The third kappa shape index (κ3) is 1.88. The van der Waals surface area contributed by atoms with Crippen LogP contribution in [0.15, 0.2) is 58.0 Å². The normalized spacial score (nSPS) is 21.0. The van der Waals surface area contributed by atoms with Gasteiger partial charge >= 0.3 is 0 Å². The van der Waals surface area contributed by atoms with Crippen molar-refractivity contribution in [2.24, 2.45) is 0 Å². The van der Waals surface area contributed by atoms with Crippen molar-refractivity contribution < 1.29 is 4.79 Å². The molecule has 0 unspecified atom stereocenters. The number of Topliss-reactive ketones (excluding diaryl/α,β-unsaturated/α-hetero) is 1. The van der Waals surface area contributed by atoms with Gasteiger partial charge in [0.2, 0.25) is 0 Å². The Bertz CT molecular complexity index is 954. The number of benzene rings is 2. The van der Waals surface area contributed by atoms with Crippen LogP contribution in [0.2, 0.25) is 0 Å². The number of hydrogen-bond acceptors (Lipinski definition) is 3. The van der Waals surface area contributed by atoms with Crippen LogP contribution >= 0.6 is 11.8 Å². The van der Waals surface area contributed by atoms with Gasteiger partial charge in [0.15, 0.2) is 5.78 Å². The molecule has 2 aromatic carbocycles. The standard InChI is InChI=1S/C21H17NOS/c1-22-19-15-8-4-2-6-13(15)10-11-18(19)24-21(22)17-12-14-7-3-5-9-16(14)20(17)23/h3-5,7-11H,2,6,12H2,1H3. The highest BCUT2D eigenvalue weighted by Gasteiger charge is 2.34. The third-order valence-electron chi connectivity index (χ3n) is 5.14. The van der Waals surface area contributed by atoms with Gasteiger partial charge in [0.05, 0.1) is 10.7 Å². The number of fused-ring (bicyclic) bond motifs is 4. The van der Waals surface area contributed by atoms with Crippen LogP contribution in [-0.4, -0.2) is 12.8 Å². The highest BCUT2D eigenvalue weighted by Crippen LogP contribution is 2.51. The summed E-state index contributed by atoms with van der Waals surface area (Å²) in [5, 5.41) is 1.10. The molecular formula is C21H17NOS. The van der Waals surface area contributed by atoms with Crippen LogP contribution in [0, 0.1) is 0 Å². The molecule has 5 rings (SSSR count). The Morgan fingerprint density at radius 1 is 1.08 bits per heavy atom. The lowest BCUT2D eigenvalue weighted by molar-refractivity contribution is 0.103. The lowest BCUT2D eigenvalue weighted by atomic mass is 9.95. The zero-order chi connectivity index (χ0) is 16.3. The number of rotatable bonds is 0. The lowest BCUT2D eigenvalue weighted by Gasteiger charge is -2.21. The molecule has 0 saturated carbocycles. The summed E-state index contributed by atoms with van der Waals surface area (Å²) in [6, 6.07) is 12.4. The summed E-state index contributed by atoms with van der Waals surface area (Å²) in [5.74, 6) is 0.192. The van der Waals surface area contributed by atoms with Gasteiger partial charge in [-0.15, -0.1) is 0 Å². The second-order valence-electron chi connectivity index (χ2n) is 6.53. The fourth-order valence-corrected chi connectivity index (χ4v) is 5.15. The van der Waals surface area contributed by atoms with Crippen molar-refractivity contribution in [3.8, 4) is 0 Å². The molecule has 1 heterocycles. The first-order valence-corrected chi connectivity index (χ1v) is 9.15. The van der Waals surface area contributed by atoms with E-state index in [1.165, 1.54) is 21.7 Å². The Labute approximate surface area is 145 Å². The van der Waals surface area contributed by atoms with Gasteiger partial charge in [-0.3, -0.25) is 4.79 Å². The predicted molar refractivity (Wildman–Crippen MR) is 99.6 cm³/mol. The van der Waals surface area contributed by atoms with Crippen LogP contribution in [0.4, 0.5) is 5.69 Å². The summed E-state index contributed by atoms with van der Waals surface area (Å²) in [6.45, 7) is 0. The molecule has 0 aromatic heterocycles. The monoisotopic (exact) mass is 331 g/mol. The van der Waals surface area contributed by atoms with E-state index in [4.69, 9.17) is 0 Å². The minimum atomic E-state index is 0.192. The molecule has 3 aliphatic rings. The van der Waals surface area contributed by atoms with E-state index in [2.05, 4.69) is 42.3 Å². The maximum absolute atomic E-state index is 12.9. The summed E-state index contributed by atoms with van der Waals surface area (Å²) < 4.78 is 0. The Morgan fingerprint density at radius 2 is 1.96 bits per heavy atom. The van der Waals surface area contributed by atoms with Crippen molar-refractivity contribution in [2.45, 2.75) is 24.2 Å². The van der Waals surface area contributed by atoms with E-state index in [0.29, 0.717) is 0 Å². The molecule has 0 bridgehead atoms. The van der Waals surface area contributed by atoms with E-state index < -0.39 is 0 Å². The van der Waals surface area contributed by atoms with E-state index in [1.54, 1.807) is 11.8 Å². The average molecular weight is 331 g/mol. The highest BCUT2D eigenvalue weighted by molar-refractivity contribution is 8.03. The molecule has 0 saturated heterocycles. The van der Waals surface area contributed by atoms with Gasteiger partial charge in [-0.05, 0) is 30.0 Å². The lowest BCUT2D eigenvalue weighted by Crippen LogP contribution is -2.16. The Morgan fingerprint density at radius 3 is 2.83 bits per heavy atom. The number of ketones is 1. The SMILES string of the molecule is CN1C(=C2Cc3ccccc3C2=O)Sc2ccc3c(c21)C=CCC3. The summed E-state index contributed by atoms with van der Waals surface area (Å²) in [4.78, 5) is 16.3. The van der Waals surface area contributed by atoms with Gasteiger partial charge in [-0.1, -0.05) is 54.2 Å². The molecule has 24 heavy (non-hydrogen) atoms. The first-order valence-electron chi connectivity index (χ1n) is 8.34. The van der Waals surface area contributed by atoms with Crippen LogP contribution < -0.4 is 4.90 Å². The molecular weight excluding hydrogens is 314 g/mol. The Hall–Kier alpha value is -2.26. The molecule has 2 nitrogen and oxygen atoms in total. The highest BCUT2D eigenvalue weighted by atomic mass is 32.2. The number of carbonyl (C=O) groups is 1. The van der Waals surface area contributed by atoms with E-state index in [1.807, 2.05) is 18.2 Å². The largest absolute Gasteiger partial charge is 0.337 e. The Balaban J connectivity index is 1.64. The van der Waals surface area contributed by atoms with Crippen LogP contribution in [0.25, 0.3) is 6.08 Å². The summed E-state index contributed by atoms with van der Waals surface area (Å²) in [5.41, 5.74) is 6.96. The van der Waals surface area contributed by atoms with Crippen molar-refractivity contribution in [3.05, 3.63) is 75.3 Å². The number of hydrogen-bond donors (Lipinski definition) is 0. The predicted octanol–water partition coefficient (Wildman–Crippen LogP) is 4.84. The van der Waals surface area contributed by atoms with E-state index in [9.17, 15) is 4.79 Å². The zero-order valence-electron chi connectivity index (χ0n) is 13.5. The van der Waals surface area contributed by atoms with Gasteiger partial charge in [0.1, 0.15) is 0 Å². The summed E-state index contributed by atoms with van der Waals surface area (Å²) >= 11 is 1.74. The van der Waals surface area contributed by atoms with Crippen molar-refractivity contribution >= 4 is 29.3 Å². The van der Waals surface area contributed by atoms with E-state index in [-0.39, 0.29) is 5.78 Å². The third-order valence-corrected chi connectivity index (χ3v) is 6.41. The number of carbonyl (C=O) groups excluding carboxylic acids is 1. The number of nitrogens with zero attached hydrogens (tertiary/aromatic N) is 1. The smallest absolute Gasteiger partial charge is 0.192 e. The van der Waals surface area contributed by atoms with Gasteiger partial charge in [0, 0.05) is 35.1 Å². The molecule has 0 atom stereocenters. The molecule has 0 fully saturated rings. The summed E-state index contributed by atoms with van der Waals surface area (Å²) in [6.07, 6.45) is 7.46. The number of anilines is 1. The van der Waals surface area contributed by atoms with E-state index >= 15 is 0 Å². The number of aryl methyl sites for hydroxylation is 1. The zero-order valence-corrected chi connectivity index (χ0v) is 14.3. The molecule has 1 aliphatic heterocycles. The van der Waals surface area contributed by atoms with Crippen LogP contribution in [0.5, 0.6) is 0 Å². The van der Waals surface area contributed by atoms with Crippen LogP contribution in [0.1, 0.15) is 33.5 Å². The van der Waals surface area contributed by atoms with Gasteiger partial charge in [-0.2, -0.15) is 0 Å². The van der Waals surface area contributed by atoms with Crippen LogP contribution in [-0.2, 0) is 12.8 Å². The molecule has 3 heteroatoms. The van der Waals surface area contributed by atoms with Crippen molar-refractivity contribution in [1.29, 1.82) is 0 Å². The van der Waals surface area contributed by atoms with Crippen molar-refractivity contribution in [2.75, 3.05) is 11.9 Å². The minimum absolute atomic E-state index is 0.192. The van der Waals surface area contributed by atoms with Crippen LogP contribution in [0.3, 0.4) is 0 Å². The average Bonchev–Trinajstić information content (AvgIpc) is 3.13. The fraction of sp³-hybridized carbons (Fsp3) is 0.190. The molecule has 0 spiro atoms. The second-order valence-corrected chi connectivity index (χ2v) is 7.56. The topological polar surface area (TPSA) is 20.3 Å². The molecule has 0 N–H and O–H groups in total.